The van der Waals surface area contributed by atoms with Gasteiger partial charge in [0, 0.05) is 18.9 Å². The third kappa shape index (κ3) is 3.61. The van der Waals surface area contributed by atoms with Crippen molar-refractivity contribution in [2.75, 3.05) is 13.1 Å². The van der Waals surface area contributed by atoms with Crippen LogP contribution < -0.4 is 0 Å². The van der Waals surface area contributed by atoms with Gasteiger partial charge in [-0.3, -0.25) is 4.79 Å². The van der Waals surface area contributed by atoms with E-state index in [1.54, 1.807) is 0 Å². The van der Waals surface area contributed by atoms with Crippen LogP contribution in [0.25, 0.3) is 0 Å². The molecule has 2 heterocycles. The van der Waals surface area contributed by atoms with Crippen LogP contribution in [0.5, 0.6) is 0 Å². The van der Waals surface area contributed by atoms with Gasteiger partial charge >= 0.3 is 6.18 Å². The summed E-state index contributed by atoms with van der Waals surface area (Å²) in [5, 5.41) is 2.46. The highest BCUT2D eigenvalue weighted by molar-refractivity contribution is 6.35. The molecule has 2 aromatic rings. The van der Waals surface area contributed by atoms with E-state index in [9.17, 15) is 26.7 Å². The first-order valence-electron chi connectivity index (χ1n) is 9.38. The molecule has 0 spiro atoms. The van der Waals surface area contributed by atoms with Crippen molar-refractivity contribution >= 4 is 34.8 Å². The minimum absolute atomic E-state index is 0.0303. The molecular weight excluding hydrogens is 478 g/mol. The molecule has 11 heteroatoms. The second kappa shape index (κ2) is 7.59. The molecule has 0 saturated carbocycles. The number of nitrogens with zero attached hydrogens (tertiary/aromatic N) is 2. The van der Waals surface area contributed by atoms with E-state index in [1.165, 1.54) is 36.1 Å². The van der Waals surface area contributed by atoms with E-state index in [2.05, 4.69) is 5.16 Å². The maximum absolute atomic E-state index is 14.9. The number of benzene rings is 2. The highest BCUT2D eigenvalue weighted by Gasteiger charge is 2.62. The van der Waals surface area contributed by atoms with Crippen molar-refractivity contribution in [3.8, 4) is 0 Å². The predicted octanol–water partition coefficient (Wildman–Crippen LogP) is 5.74. The summed E-state index contributed by atoms with van der Waals surface area (Å²) in [4.78, 5) is 17.5. The van der Waals surface area contributed by atoms with Crippen LogP contribution in [0.3, 0.4) is 0 Å². The minimum Gasteiger partial charge on any atom is -0.374 e. The first-order valence-corrected chi connectivity index (χ1v) is 10.1. The maximum Gasteiger partial charge on any atom is 0.435 e. The number of alkyl halides is 4. The third-order valence-electron chi connectivity index (χ3n) is 5.70. The molecule has 1 atom stereocenters. The molecule has 32 heavy (non-hydrogen) atoms. The number of halogens is 7. The molecule has 0 aliphatic carbocycles. The van der Waals surface area contributed by atoms with E-state index < -0.39 is 45.3 Å². The van der Waals surface area contributed by atoms with Crippen molar-refractivity contribution < 1.29 is 31.6 Å². The zero-order chi connectivity index (χ0) is 23.5. The van der Waals surface area contributed by atoms with Gasteiger partial charge in [-0.2, -0.15) is 13.2 Å². The Hall–Kier alpha value is -2.39. The van der Waals surface area contributed by atoms with Crippen molar-refractivity contribution in [2.24, 2.45) is 5.16 Å². The molecule has 0 radical (unpaired) electrons. The summed E-state index contributed by atoms with van der Waals surface area (Å²) in [5.74, 6) is -1.28. The minimum atomic E-state index is -4.92. The molecule has 2 aromatic carbocycles. The fourth-order valence-electron chi connectivity index (χ4n) is 3.77. The zero-order valence-electron chi connectivity index (χ0n) is 16.4. The molecule has 2 aliphatic heterocycles. The van der Waals surface area contributed by atoms with Crippen molar-refractivity contribution in [1.82, 2.24) is 4.90 Å². The molecule has 170 valence electrons. The van der Waals surface area contributed by atoms with E-state index >= 15 is 0 Å². The number of hydrogen-bond donors (Lipinski definition) is 0. The van der Waals surface area contributed by atoms with E-state index in [4.69, 9.17) is 28.0 Å². The smallest absolute Gasteiger partial charge is 0.374 e. The topological polar surface area (TPSA) is 41.9 Å². The first-order chi connectivity index (χ1) is 14.9. The molecule has 4 rings (SSSR count). The number of carbonyl (C=O) groups is 1. The van der Waals surface area contributed by atoms with Gasteiger partial charge in [0.25, 0.3) is 5.60 Å². The van der Waals surface area contributed by atoms with E-state index in [-0.39, 0.29) is 24.7 Å². The Morgan fingerprint density at radius 2 is 1.66 bits per heavy atom. The van der Waals surface area contributed by atoms with Crippen molar-refractivity contribution in [2.45, 2.75) is 30.8 Å². The van der Waals surface area contributed by atoms with Crippen LogP contribution >= 0.6 is 23.2 Å². The van der Waals surface area contributed by atoms with Crippen LogP contribution in [-0.2, 0) is 20.9 Å². The zero-order valence-corrected chi connectivity index (χ0v) is 18.0. The Balaban J connectivity index is 1.60. The lowest BCUT2D eigenvalue weighted by atomic mass is 9.85. The molecule has 0 bridgehead atoms. The summed E-state index contributed by atoms with van der Waals surface area (Å²) >= 11 is 11.4. The molecule has 1 fully saturated rings. The van der Waals surface area contributed by atoms with E-state index in [1.807, 2.05) is 0 Å². The summed E-state index contributed by atoms with van der Waals surface area (Å²) in [6.45, 7) is 1.17. The Bertz CT molecular complexity index is 1090. The number of hydrogen-bond acceptors (Lipinski definition) is 3. The van der Waals surface area contributed by atoms with Crippen LogP contribution in [0.4, 0.5) is 22.0 Å². The van der Waals surface area contributed by atoms with Crippen LogP contribution in [0.1, 0.15) is 30.0 Å². The Kier molecular flexibility index (Phi) is 5.40. The monoisotopic (exact) mass is 492 g/mol. The van der Waals surface area contributed by atoms with Gasteiger partial charge in [-0.1, -0.05) is 52.6 Å². The number of oxime groups is 1. The fourth-order valence-corrected chi connectivity index (χ4v) is 4.26. The molecular formula is C21H15Cl2F5N2O2. The van der Waals surface area contributed by atoms with Crippen LogP contribution in [0.2, 0.25) is 10.0 Å². The highest BCUT2D eigenvalue weighted by atomic mass is 35.5. The van der Waals surface area contributed by atoms with Crippen LogP contribution in [0, 0.1) is 5.82 Å². The van der Waals surface area contributed by atoms with Gasteiger partial charge in [0.15, 0.2) is 11.5 Å². The van der Waals surface area contributed by atoms with Crippen molar-refractivity contribution in [3.63, 3.8) is 0 Å². The molecule has 0 unspecified atom stereocenters. The Morgan fingerprint density at radius 1 is 1.09 bits per heavy atom. The number of likely N-dealkylation sites (tertiary alicyclic amines) is 1. The molecule has 1 amide bonds. The SMILES string of the molecule is CC(=O)N1CC(F)(c2ccc(C3=NO[C@@](c4cc(Cl)c(F)c(Cl)c4)(C(F)(F)F)C3)cc2)C1. The first kappa shape index (κ1) is 22.8. The van der Waals surface area contributed by atoms with E-state index in [0.29, 0.717) is 11.1 Å². The quantitative estimate of drug-likeness (QED) is 0.404. The van der Waals surface area contributed by atoms with Gasteiger partial charge in [-0.15, -0.1) is 0 Å². The lowest BCUT2D eigenvalue weighted by molar-refractivity contribution is -0.275. The summed E-state index contributed by atoms with van der Waals surface area (Å²) in [6, 6.07) is 7.37. The van der Waals surface area contributed by atoms with Gasteiger partial charge in [-0.05, 0) is 23.3 Å². The van der Waals surface area contributed by atoms with Crippen molar-refractivity contribution in [1.29, 1.82) is 0 Å². The second-order valence-electron chi connectivity index (χ2n) is 7.80. The molecule has 0 N–H and O–H groups in total. The Morgan fingerprint density at radius 3 is 2.16 bits per heavy atom. The molecule has 2 aliphatic rings. The van der Waals surface area contributed by atoms with Gasteiger partial charge in [-0.25, -0.2) is 8.78 Å². The van der Waals surface area contributed by atoms with Gasteiger partial charge in [0.1, 0.15) is 0 Å². The maximum atomic E-state index is 14.9. The molecule has 1 saturated heterocycles. The van der Waals surface area contributed by atoms with Crippen LogP contribution in [-0.4, -0.2) is 35.8 Å². The lowest BCUT2D eigenvalue weighted by Gasteiger charge is -2.44. The number of rotatable bonds is 3. The van der Waals surface area contributed by atoms with Gasteiger partial charge in [0.2, 0.25) is 5.91 Å². The number of carbonyl (C=O) groups excluding carboxylic acids is 1. The highest BCUT2D eigenvalue weighted by Crippen LogP contribution is 2.50. The largest absolute Gasteiger partial charge is 0.435 e. The fraction of sp³-hybridized carbons (Fsp3) is 0.333. The number of amides is 1. The summed E-state index contributed by atoms with van der Waals surface area (Å²) in [5.41, 5.74) is -4.53. The summed E-state index contributed by atoms with van der Waals surface area (Å²) < 4.78 is 70.9. The van der Waals surface area contributed by atoms with Crippen LogP contribution in [0.15, 0.2) is 41.6 Å². The summed E-state index contributed by atoms with van der Waals surface area (Å²) in [7, 11) is 0. The predicted molar refractivity (Wildman–Crippen MR) is 108 cm³/mol. The van der Waals surface area contributed by atoms with Gasteiger partial charge < -0.3 is 9.74 Å². The average Bonchev–Trinajstić information content (AvgIpc) is 3.16. The van der Waals surface area contributed by atoms with Gasteiger partial charge in [0.05, 0.1) is 28.8 Å². The third-order valence-corrected chi connectivity index (χ3v) is 6.25. The Labute approximate surface area is 189 Å². The second-order valence-corrected chi connectivity index (χ2v) is 8.62. The normalized spacial score (nSPS) is 22.2. The van der Waals surface area contributed by atoms with E-state index in [0.717, 1.165) is 12.1 Å². The lowest BCUT2D eigenvalue weighted by Crippen LogP contribution is -2.58. The average molecular weight is 493 g/mol. The molecule has 0 aromatic heterocycles. The summed E-state index contributed by atoms with van der Waals surface area (Å²) in [6.07, 6.45) is -5.64. The standard InChI is InChI=1S/C21H15Cl2F5N2O2/c1-11(31)30-9-19(25,10-30)13-4-2-12(3-5-13)17-8-20(32-29-17,21(26,27)28)14-6-15(22)18(24)16(23)7-14/h2-7H,8-10H2,1H3/t20-/m0/s1. The van der Waals surface area contributed by atoms with Crippen molar-refractivity contribution in [3.05, 3.63) is 69.0 Å². The molecule has 4 nitrogen and oxygen atoms in total.